The molecule has 0 radical (unpaired) electrons. The third kappa shape index (κ3) is 1.47. The van der Waals surface area contributed by atoms with Crippen molar-refractivity contribution in [3.8, 4) is 0 Å². The average Bonchev–Trinajstić information content (AvgIpc) is 1.95. The van der Waals surface area contributed by atoms with Crippen LogP contribution in [0.15, 0.2) is 23.8 Å². The SMILES string of the molecule is O=C1C=CC=C(CS)[C@@H]1S. The summed E-state index contributed by atoms with van der Waals surface area (Å²) in [5, 5.41) is -0.262. The molecule has 0 aromatic carbocycles. The second-order valence-electron chi connectivity index (χ2n) is 2.06. The van der Waals surface area contributed by atoms with Crippen molar-refractivity contribution in [3.63, 3.8) is 0 Å². The van der Waals surface area contributed by atoms with Gasteiger partial charge in [0.15, 0.2) is 5.78 Å². The van der Waals surface area contributed by atoms with Crippen LogP contribution in [-0.2, 0) is 4.79 Å². The monoisotopic (exact) mass is 172 g/mol. The largest absolute Gasteiger partial charge is 0.293 e. The van der Waals surface area contributed by atoms with Crippen molar-refractivity contribution >= 4 is 31.0 Å². The van der Waals surface area contributed by atoms with Crippen molar-refractivity contribution in [1.82, 2.24) is 0 Å². The Morgan fingerprint density at radius 2 is 2.30 bits per heavy atom. The fraction of sp³-hybridized carbons (Fsp3) is 0.286. The van der Waals surface area contributed by atoms with Gasteiger partial charge in [-0.2, -0.15) is 25.3 Å². The van der Waals surface area contributed by atoms with Gasteiger partial charge < -0.3 is 0 Å². The summed E-state index contributed by atoms with van der Waals surface area (Å²) in [7, 11) is 0. The summed E-state index contributed by atoms with van der Waals surface area (Å²) >= 11 is 8.17. The van der Waals surface area contributed by atoms with E-state index in [-0.39, 0.29) is 11.0 Å². The van der Waals surface area contributed by atoms with Crippen LogP contribution in [0.4, 0.5) is 0 Å². The lowest BCUT2D eigenvalue weighted by Crippen LogP contribution is -2.17. The van der Waals surface area contributed by atoms with Crippen LogP contribution in [0.3, 0.4) is 0 Å². The van der Waals surface area contributed by atoms with Crippen molar-refractivity contribution in [2.24, 2.45) is 0 Å². The smallest absolute Gasteiger partial charge is 0.172 e. The standard InChI is InChI=1S/C7H8OS2/c8-6-3-1-2-5(4-9)7(6)10/h1-3,7,9-10H,4H2/t7-/m0/s1. The third-order valence-electron chi connectivity index (χ3n) is 1.37. The number of rotatable bonds is 1. The Kier molecular flexibility index (Phi) is 2.63. The summed E-state index contributed by atoms with van der Waals surface area (Å²) in [5.74, 6) is 0.652. The molecule has 1 aliphatic rings. The van der Waals surface area contributed by atoms with Crippen LogP contribution in [0.25, 0.3) is 0 Å². The molecule has 0 fully saturated rings. The second-order valence-corrected chi connectivity index (χ2v) is 2.90. The van der Waals surface area contributed by atoms with Gasteiger partial charge in [-0.3, -0.25) is 4.79 Å². The fourth-order valence-corrected chi connectivity index (χ4v) is 1.47. The zero-order valence-corrected chi connectivity index (χ0v) is 7.11. The molecular weight excluding hydrogens is 164 g/mol. The van der Waals surface area contributed by atoms with Gasteiger partial charge in [0.1, 0.15) is 0 Å². The van der Waals surface area contributed by atoms with Crippen LogP contribution in [0.2, 0.25) is 0 Å². The van der Waals surface area contributed by atoms with Crippen molar-refractivity contribution < 1.29 is 4.79 Å². The molecule has 0 unspecified atom stereocenters. The van der Waals surface area contributed by atoms with Gasteiger partial charge in [-0.15, -0.1) is 0 Å². The molecule has 10 heavy (non-hydrogen) atoms. The van der Waals surface area contributed by atoms with Gasteiger partial charge in [0.05, 0.1) is 5.25 Å². The maximum Gasteiger partial charge on any atom is 0.172 e. The van der Waals surface area contributed by atoms with E-state index in [2.05, 4.69) is 25.3 Å². The van der Waals surface area contributed by atoms with E-state index in [1.54, 1.807) is 6.08 Å². The molecule has 0 heterocycles. The maximum absolute atomic E-state index is 10.9. The summed E-state index contributed by atoms with van der Waals surface area (Å²) in [6.45, 7) is 0. The highest BCUT2D eigenvalue weighted by atomic mass is 32.1. The number of hydrogen-bond acceptors (Lipinski definition) is 3. The molecule has 0 saturated heterocycles. The third-order valence-corrected chi connectivity index (χ3v) is 2.33. The van der Waals surface area contributed by atoms with Crippen LogP contribution in [-0.4, -0.2) is 16.8 Å². The molecule has 1 rings (SSSR count). The normalized spacial score (nSPS) is 24.8. The topological polar surface area (TPSA) is 17.1 Å². The van der Waals surface area contributed by atoms with E-state index in [1.165, 1.54) is 6.08 Å². The Balaban J connectivity index is 2.81. The molecule has 1 nitrogen and oxygen atoms in total. The van der Waals surface area contributed by atoms with Crippen molar-refractivity contribution in [2.75, 3.05) is 5.75 Å². The molecule has 0 amide bonds. The van der Waals surface area contributed by atoms with Gasteiger partial charge in [0.25, 0.3) is 0 Å². The summed E-state index contributed by atoms with van der Waals surface area (Å²) in [5.41, 5.74) is 0.971. The Bertz CT molecular complexity index is 206. The summed E-state index contributed by atoms with van der Waals surface area (Å²) in [4.78, 5) is 10.9. The number of hydrogen-bond donors (Lipinski definition) is 2. The highest BCUT2D eigenvalue weighted by Crippen LogP contribution is 2.16. The molecule has 0 aromatic heterocycles. The summed E-state index contributed by atoms with van der Waals surface area (Å²) in [6.07, 6.45) is 5.15. The van der Waals surface area contributed by atoms with E-state index in [4.69, 9.17) is 0 Å². The summed E-state index contributed by atoms with van der Waals surface area (Å²) in [6, 6.07) is 0. The quantitative estimate of drug-likeness (QED) is 0.570. The van der Waals surface area contributed by atoms with Gasteiger partial charge in [-0.05, 0) is 11.6 Å². The molecule has 3 heteroatoms. The summed E-state index contributed by atoms with van der Waals surface area (Å²) < 4.78 is 0. The predicted molar refractivity (Wildman–Crippen MR) is 48.9 cm³/mol. The van der Waals surface area contributed by atoms with E-state index >= 15 is 0 Å². The number of allylic oxidation sites excluding steroid dienone is 3. The minimum atomic E-state index is -0.262. The molecule has 0 bridgehead atoms. The van der Waals surface area contributed by atoms with E-state index < -0.39 is 0 Å². The molecule has 54 valence electrons. The van der Waals surface area contributed by atoms with Gasteiger partial charge >= 0.3 is 0 Å². The first kappa shape index (κ1) is 7.95. The first-order valence-corrected chi connectivity index (χ1v) is 4.10. The van der Waals surface area contributed by atoms with Crippen LogP contribution < -0.4 is 0 Å². The number of carbonyl (C=O) groups excluding carboxylic acids is 1. The average molecular weight is 172 g/mol. The highest BCUT2D eigenvalue weighted by Gasteiger charge is 2.16. The van der Waals surface area contributed by atoms with Crippen LogP contribution in [0.1, 0.15) is 0 Å². The van der Waals surface area contributed by atoms with Crippen LogP contribution >= 0.6 is 25.3 Å². The highest BCUT2D eigenvalue weighted by molar-refractivity contribution is 7.82. The van der Waals surface area contributed by atoms with Crippen LogP contribution in [0, 0.1) is 0 Å². The lowest BCUT2D eigenvalue weighted by atomic mass is 10.1. The molecule has 1 atom stereocenters. The molecule has 1 aliphatic carbocycles. The Morgan fingerprint density at radius 1 is 1.60 bits per heavy atom. The zero-order chi connectivity index (χ0) is 7.56. The van der Waals surface area contributed by atoms with E-state index in [0.29, 0.717) is 5.75 Å². The molecule has 0 spiro atoms. The van der Waals surface area contributed by atoms with E-state index in [1.807, 2.05) is 6.08 Å². The minimum absolute atomic E-state index is 0.0508. The van der Waals surface area contributed by atoms with E-state index in [9.17, 15) is 4.79 Å². The number of carbonyl (C=O) groups is 1. The molecule has 0 aromatic rings. The van der Waals surface area contributed by atoms with E-state index in [0.717, 1.165) is 5.57 Å². The Hall–Kier alpha value is -0.150. The maximum atomic E-state index is 10.9. The van der Waals surface area contributed by atoms with Crippen molar-refractivity contribution in [1.29, 1.82) is 0 Å². The van der Waals surface area contributed by atoms with Gasteiger partial charge in [-0.1, -0.05) is 12.2 Å². The molecule has 0 N–H and O–H groups in total. The number of ketones is 1. The predicted octanol–water partition coefficient (Wildman–Crippen LogP) is 1.28. The second kappa shape index (κ2) is 3.30. The van der Waals surface area contributed by atoms with Crippen LogP contribution in [0.5, 0.6) is 0 Å². The number of thiol groups is 2. The first-order valence-electron chi connectivity index (χ1n) is 2.95. The molecule has 0 saturated carbocycles. The lowest BCUT2D eigenvalue weighted by Gasteiger charge is -2.12. The lowest BCUT2D eigenvalue weighted by molar-refractivity contribution is -0.113. The molecular formula is C7H8OS2. The Labute approximate surface area is 71.0 Å². The zero-order valence-electron chi connectivity index (χ0n) is 5.32. The molecule has 0 aliphatic heterocycles. The van der Waals surface area contributed by atoms with Crippen molar-refractivity contribution in [3.05, 3.63) is 23.8 Å². The minimum Gasteiger partial charge on any atom is -0.293 e. The van der Waals surface area contributed by atoms with Gasteiger partial charge in [-0.25, -0.2) is 0 Å². The fourth-order valence-electron chi connectivity index (χ4n) is 0.771. The first-order chi connectivity index (χ1) is 4.75. The Morgan fingerprint density at radius 3 is 2.80 bits per heavy atom. The van der Waals surface area contributed by atoms with Gasteiger partial charge in [0, 0.05) is 5.75 Å². The van der Waals surface area contributed by atoms with Crippen molar-refractivity contribution in [2.45, 2.75) is 5.25 Å². The van der Waals surface area contributed by atoms with Gasteiger partial charge in [0.2, 0.25) is 0 Å².